The minimum absolute atomic E-state index is 0.00337. The van der Waals surface area contributed by atoms with Crippen LogP contribution in [0.25, 0.3) is 5.76 Å². The maximum absolute atomic E-state index is 13.2. The average molecular weight is 484 g/mol. The Labute approximate surface area is 198 Å². The van der Waals surface area contributed by atoms with Crippen molar-refractivity contribution in [2.24, 2.45) is 0 Å². The molecule has 1 unspecified atom stereocenters. The van der Waals surface area contributed by atoms with E-state index < -0.39 is 17.7 Å². The first-order chi connectivity index (χ1) is 15.9. The van der Waals surface area contributed by atoms with Crippen molar-refractivity contribution in [2.45, 2.75) is 13.0 Å². The van der Waals surface area contributed by atoms with Crippen LogP contribution >= 0.6 is 22.9 Å². The second-order valence-electron chi connectivity index (χ2n) is 7.52. The van der Waals surface area contributed by atoms with E-state index in [0.29, 0.717) is 33.5 Å². The molecule has 1 aromatic heterocycles. The van der Waals surface area contributed by atoms with Crippen LogP contribution < -0.4 is 19.1 Å². The number of aliphatic hydroxyl groups is 1. The summed E-state index contributed by atoms with van der Waals surface area (Å²) in [6.07, 6.45) is 0. The average Bonchev–Trinajstić information content (AvgIpc) is 3.51. The number of thiophene rings is 1. The lowest BCUT2D eigenvalue weighted by molar-refractivity contribution is -0.132. The number of nitrogens with zero attached hydrogens (tertiary/aromatic N) is 1. The fraction of sp³-hybridized carbons (Fsp3) is 0.167. The van der Waals surface area contributed by atoms with E-state index in [2.05, 4.69) is 0 Å². The molecule has 5 rings (SSSR count). The van der Waals surface area contributed by atoms with Crippen LogP contribution in [-0.2, 0) is 9.59 Å². The van der Waals surface area contributed by atoms with Gasteiger partial charge in [0.15, 0.2) is 11.5 Å². The van der Waals surface area contributed by atoms with Crippen molar-refractivity contribution in [1.82, 2.24) is 0 Å². The molecule has 33 heavy (non-hydrogen) atoms. The van der Waals surface area contributed by atoms with E-state index in [0.717, 1.165) is 10.4 Å². The summed E-state index contributed by atoms with van der Waals surface area (Å²) in [5.41, 5.74) is 1.67. The fourth-order valence-electron chi connectivity index (χ4n) is 4.02. The van der Waals surface area contributed by atoms with Crippen LogP contribution in [0.2, 0.25) is 5.02 Å². The zero-order valence-corrected chi connectivity index (χ0v) is 19.2. The molecule has 1 amide bonds. The zero-order chi connectivity index (χ0) is 23.3. The Morgan fingerprint density at radius 3 is 2.64 bits per heavy atom. The SMILES string of the molecule is COc1ccc(N2C(=O)C(=O)/C(=C(\O)c3ccc4c(c3)OCO4)C2c2sccc2C)cc1Cl. The number of methoxy groups -OCH3 is 1. The highest BCUT2D eigenvalue weighted by atomic mass is 35.5. The molecule has 2 aromatic carbocycles. The first-order valence-corrected chi connectivity index (χ1v) is 11.2. The van der Waals surface area contributed by atoms with Crippen molar-refractivity contribution in [3.63, 3.8) is 0 Å². The molecule has 3 heterocycles. The van der Waals surface area contributed by atoms with Crippen LogP contribution in [0.1, 0.15) is 22.0 Å². The van der Waals surface area contributed by atoms with Gasteiger partial charge in [-0.1, -0.05) is 11.6 Å². The molecular formula is C24H18ClNO6S. The zero-order valence-electron chi connectivity index (χ0n) is 17.6. The number of ketones is 1. The first-order valence-electron chi connectivity index (χ1n) is 9.99. The van der Waals surface area contributed by atoms with Gasteiger partial charge in [-0.2, -0.15) is 0 Å². The third-order valence-corrected chi connectivity index (χ3v) is 7.02. The minimum Gasteiger partial charge on any atom is -0.507 e. The number of hydrogen-bond donors (Lipinski definition) is 1. The van der Waals surface area contributed by atoms with Gasteiger partial charge in [-0.3, -0.25) is 14.5 Å². The Bertz CT molecular complexity index is 1330. The Balaban J connectivity index is 1.70. The number of benzene rings is 2. The Morgan fingerprint density at radius 1 is 1.15 bits per heavy atom. The van der Waals surface area contributed by atoms with E-state index in [4.69, 9.17) is 25.8 Å². The van der Waals surface area contributed by atoms with Crippen LogP contribution in [0.15, 0.2) is 53.4 Å². The molecule has 1 fully saturated rings. The number of amides is 1. The summed E-state index contributed by atoms with van der Waals surface area (Å²) in [6, 6.07) is 10.8. The predicted molar refractivity (Wildman–Crippen MR) is 124 cm³/mol. The number of ether oxygens (including phenoxy) is 3. The number of Topliss-reactive ketones (excluding diaryl/α,β-unsaturated/α-hetero) is 1. The van der Waals surface area contributed by atoms with Gasteiger partial charge in [-0.15, -0.1) is 11.3 Å². The minimum atomic E-state index is -0.820. The molecular weight excluding hydrogens is 466 g/mol. The van der Waals surface area contributed by atoms with Gasteiger partial charge in [0.25, 0.3) is 11.7 Å². The number of carbonyl (C=O) groups excluding carboxylic acids is 2. The van der Waals surface area contributed by atoms with Gasteiger partial charge in [-0.05, 0) is 60.3 Å². The topological polar surface area (TPSA) is 85.3 Å². The molecule has 1 saturated heterocycles. The predicted octanol–water partition coefficient (Wildman–Crippen LogP) is 5.07. The van der Waals surface area contributed by atoms with Crippen molar-refractivity contribution >= 4 is 46.1 Å². The molecule has 2 aliphatic heterocycles. The smallest absolute Gasteiger partial charge is 0.300 e. The second-order valence-corrected chi connectivity index (χ2v) is 8.88. The summed E-state index contributed by atoms with van der Waals surface area (Å²) < 4.78 is 15.9. The maximum atomic E-state index is 13.2. The molecule has 7 nitrogen and oxygen atoms in total. The normalized spacial score (nSPS) is 18.8. The van der Waals surface area contributed by atoms with E-state index in [-0.39, 0.29) is 18.1 Å². The highest BCUT2D eigenvalue weighted by molar-refractivity contribution is 7.10. The summed E-state index contributed by atoms with van der Waals surface area (Å²) in [5.74, 6) is -0.372. The maximum Gasteiger partial charge on any atom is 0.300 e. The van der Waals surface area contributed by atoms with E-state index in [1.807, 2.05) is 18.4 Å². The highest BCUT2D eigenvalue weighted by Gasteiger charge is 2.48. The summed E-state index contributed by atoms with van der Waals surface area (Å²) in [7, 11) is 1.49. The first kappa shape index (κ1) is 21.4. The van der Waals surface area contributed by atoms with Gasteiger partial charge in [-0.25, -0.2) is 0 Å². The number of halogens is 1. The molecule has 2 aliphatic rings. The van der Waals surface area contributed by atoms with E-state index >= 15 is 0 Å². The van der Waals surface area contributed by atoms with Gasteiger partial charge >= 0.3 is 0 Å². The highest BCUT2D eigenvalue weighted by Crippen LogP contribution is 2.46. The van der Waals surface area contributed by atoms with Gasteiger partial charge in [0, 0.05) is 16.1 Å². The summed E-state index contributed by atoms with van der Waals surface area (Å²) >= 11 is 7.72. The van der Waals surface area contributed by atoms with Gasteiger partial charge in [0.1, 0.15) is 17.6 Å². The van der Waals surface area contributed by atoms with E-state index in [1.54, 1.807) is 36.4 Å². The van der Waals surface area contributed by atoms with Gasteiger partial charge in [0.05, 0.1) is 17.7 Å². The molecule has 0 aliphatic carbocycles. The summed E-state index contributed by atoms with van der Waals surface area (Å²) in [5, 5.41) is 13.4. The molecule has 9 heteroatoms. The van der Waals surface area contributed by atoms with Gasteiger partial charge in [0.2, 0.25) is 6.79 Å². The summed E-state index contributed by atoms with van der Waals surface area (Å²) in [6.45, 7) is 1.98. The van der Waals surface area contributed by atoms with Crippen LogP contribution in [0.3, 0.4) is 0 Å². The van der Waals surface area contributed by atoms with Crippen molar-refractivity contribution in [1.29, 1.82) is 0 Å². The molecule has 3 aromatic rings. The van der Waals surface area contributed by atoms with Crippen LogP contribution in [-0.4, -0.2) is 30.7 Å². The second kappa shape index (κ2) is 8.13. The molecule has 0 saturated carbocycles. The standard InChI is InChI=1S/C24H18ClNO6S/c1-12-7-8-33-23(12)20-19(21(27)13-3-5-17-18(9-13)32-11-31-17)22(28)24(29)26(20)14-4-6-16(30-2)15(25)10-14/h3-10,20,27H,11H2,1-2H3/b21-19-. The third kappa shape index (κ3) is 3.42. The Kier molecular flexibility index (Phi) is 5.26. The van der Waals surface area contributed by atoms with Crippen LogP contribution in [0, 0.1) is 6.92 Å². The number of anilines is 1. The largest absolute Gasteiger partial charge is 0.507 e. The Hall–Kier alpha value is -3.49. The number of fused-ring (bicyclic) bond motifs is 1. The van der Waals surface area contributed by atoms with Crippen molar-refractivity contribution < 1.29 is 28.9 Å². The van der Waals surface area contributed by atoms with Crippen molar-refractivity contribution in [3.8, 4) is 17.2 Å². The number of hydrogen-bond acceptors (Lipinski definition) is 7. The lowest BCUT2D eigenvalue weighted by Crippen LogP contribution is -2.29. The molecule has 1 N–H and O–H groups in total. The fourth-order valence-corrected chi connectivity index (χ4v) is 5.29. The number of aryl methyl sites for hydroxylation is 1. The van der Waals surface area contributed by atoms with Gasteiger partial charge < -0.3 is 19.3 Å². The monoisotopic (exact) mass is 483 g/mol. The van der Waals surface area contributed by atoms with E-state index in [1.165, 1.54) is 23.3 Å². The van der Waals surface area contributed by atoms with E-state index in [9.17, 15) is 14.7 Å². The quantitative estimate of drug-likeness (QED) is 0.316. The van der Waals surface area contributed by atoms with Crippen molar-refractivity contribution in [2.75, 3.05) is 18.8 Å². The van der Waals surface area contributed by atoms with Crippen LogP contribution in [0.5, 0.6) is 17.2 Å². The summed E-state index contributed by atoms with van der Waals surface area (Å²) in [4.78, 5) is 28.6. The number of rotatable bonds is 4. The molecule has 168 valence electrons. The lowest BCUT2D eigenvalue weighted by atomic mass is 9.98. The molecule has 1 atom stereocenters. The number of aliphatic hydroxyl groups excluding tert-OH is 1. The number of carbonyl (C=O) groups is 2. The molecule has 0 spiro atoms. The molecule has 0 bridgehead atoms. The molecule has 0 radical (unpaired) electrons. The Morgan fingerprint density at radius 2 is 1.94 bits per heavy atom. The lowest BCUT2D eigenvalue weighted by Gasteiger charge is -2.25. The van der Waals surface area contributed by atoms with Crippen molar-refractivity contribution in [3.05, 3.63) is 74.4 Å². The third-order valence-electron chi connectivity index (χ3n) is 5.65. The van der Waals surface area contributed by atoms with Crippen LogP contribution in [0.4, 0.5) is 5.69 Å².